The SMILES string of the molecule is CC(CC(=O)O)SCc1ccccc1. The van der Waals surface area contributed by atoms with E-state index in [0.717, 1.165) is 5.75 Å². The number of carbonyl (C=O) groups is 1. The van der Waals surface area contributed by atoms with E-state index in [1.54, 1.807) is 11.8 Å². The van der Waals surface area contributed by atoms with Crippen molar-refractivity contribution in [2.45, 2.75) is 24.3 Å². The molecule has 0 radical (unpaired) electrons. The van der Waals surface area contributed by atoms with E-state index < -0.39 is 5.97 Å². The smallest absolute Gasteiger partial charge is 0.304 e. The first-order valence-electron chi connectivity index (χ1n) is 4.56. The minimum absolute atomic E-state index is 0.174. The van der Waals surface area contributed by atoms with E-state index in [1.807, 2.05) is 25.1 Å². The minimum Gasteiger partial charge on any atom is -0.481 e. The standard InChI is InChI=1S/C11H14O2S/c1-9(7-11(12)13)14-8-10-5-3-2-4-6-10/h2-6,9H,7-8H2,1H3,(H,12,13). The topological polar surface area (TPSA) is 37.3 Å². The highest BCUT2D eigenvalue weighted by Gasteiger charge is 2.07. The van der Waals surface area contributed by atoms with E-state index in [9.17, 15) is 4.79 Å². The normalized spacial score (nSPS) is 12.4. The summed E-state index contributed by atoms with van der Waals surface area (Å²) in [7, 11) is 0. The van der Waals surface area contributed by atoms with Crippen LogP contribution in [0.15, 0.2) is 30.3 Å². The van der Waals surface area contributed by atoms with Gasteiger partial charge < -0.3 is 5.11 Å². The number of rotatable bonds is 5. The van der Waals surface area contributed by atoms with Crippen molar-refractivity contribution in [3.05, 3.63) is 35.9 Å². The molecule has 1 rings (SSSR count). The Bertz CT molecular complexity index is 285. The predicted molar refractivity (Wildman–Crippen MR) is 59.5 cm³/mol. The fourth-order valence-corrected chi connectivity index (χ4v) is 2.05. The average Bonchev–Trinajstić information content (AvgIpc) is 2.15. The molecule has 0 saturated heterocycles. The van der Waals surface area contributed by atoms with E-state index >= 15 is 0 Å². The van der Waals surface area contributed by atoms with Crippen LogP contribution in [0.2, 0.25) is 0 Å². The van der Waals surface area contributed by atoms with E-state index in [0.29, 0.717) is 0 Å². The van der Waals surface area contributed by atoms with Crippen molar-refractivity contribution in [2.75, 3.05) is 0 Å². The Balaban J connectivity index is 2.30. The maximum atomic E-state index is 10.4. The summed E-state index contributed by atoms with van der Waals surface area (Å²) in [6.07, 6.45) is 0.234. The van der Waals surface area contributed by atoms with Crippen molar-refractivity contribution >= 4 is 17.7 Å². The second kappa shape index (κ2) is 5.70. The molecule has 1 N–H and O–H groups in total. The highest BCUT2D eigenvalue weighted by molar-refractivity contribution is 7.99. The second-order valence-corrected chi connectivity index (χ2v) is 4.63. The summed E-state index contributed by atoms with van der Waals surface area (Å²) in [4.78, 5) is 10.4. The zero-order chi connectivity index (χ0) is 10.4. The van der Waals surface area contributed by atoms with Crippen molar-refractivity contribution in [3.8, 4) is 0 Å². The van der Waals surface area contributed by atoms with Crippen molar-refractivity contribution in [3.63, 3.8) is 0 Å². The number of thioether (sulfide) groups is 1. The van der Waals surface area contributed by atoms with Crippen LogP contribution in [0.25, 0.3) is 0 Å². The lowest BCUT2D eigenvalue weighted by Gasteiger charge is -2.07. The van der Waals surface area contributed by atoms with Crippen LogP contribution in [-0.2, 0) is 10.5 Å². The first-order valence-corrected chi connectivity index (χ1v) is 5.60. The van der Waals surface area contributed by atoms with E-state index in [2.05, 4.69) is 12.1 Å². The number of carboxylic acids is 1. The molecular formula is C11H14O2S. The third-order valence-electron chi connectivity index (χ3n) is 1.84. The Morgan fingerprint density at radius 3 is 2.64 bits per heavy atom. The number of hydrogen-bond donors (Lipinski definition) is 1. The Morgan fingerprint density at radius 1 is 1.43 bits per heavy atom. The van der Waals surface area contributed by atoms with Gasteiger partial charge in [-0.25, -0.2) is 0 Å². The summed E-state index contributed by atoms with van der Waals surface area (Å²) in [5, 5.41) is 8.74. The molecule has 3 heteroatoms. The van der Waals surface area contributed by atoms with Crippen LogP contribution in [0.4, 0.5) is 0 Å². The average molecular weight is 210 g/mol. The molecule has 1 atom stereocenters. The summed E-state index contributed by atoms with van der Waals surface area (Å²) in [6.45, 7) is 1.95. The maximum absolute atomic E-state index is 10.4. The van der Waals surface area contributed by atoms with Gasteiger partial charge in [0.25, 0.3) is 0 Å². The summed E-state index contributed by atoms with van der Waals surface area (Å²) in [5.74, 6) is 0.160. The molecule has 0 aliphatic carbocycles. The molecule has 0 amide bonds. The molecule has 0 aliphatic heterocycles. The van der Waals surface area contributed by atoms with Crippen LogP contribution in [0.5, 0.6) is 0 Å². The van der Waals surface area contributed by atoms with E-state index in [4.69, 9.17) is 5.11 Å². The fourth-order valence-electron chi connectivity index (χ4n) is 1.12. The largest absolute Gasteiger partial charge is 0.481 e. The molecule has 0 aliphatic rings. The van der Waals surface area contributed by atoms with Crippen LogP contribution >= 0.6 is 11.8 Å². The highest BCUT2D eigenvalue weighted by atomic mass is 32.2. The fraction of sp³-hybridized carbons (Fsp3) is 0.364. The highest BCUT2D eigenvalue weighted by Crippen LogP contribution is 2.19. The van der Waals surface area contributed by atoms with Crippen LogP contribution in [-0.4, -0.2) is 16.3 Å². The van der Waals surface area contributed by atoms with Crippen LogP contribution in [0, 0.1) is 0 Å². The van der Waals surface area contributed by atoms with Crippen LogP contribution in [0.1, 0.15) is 18.9 Å². The third kappa shape index (κ3) is 4.33. The lowest BCUT2D eigenvalue weighted by molar-refractivity contribution is -0.136. The zero-order valence-electron chi connectivity index (χ0n) is 8.14. The molecule has 1 aromatic carbocycles. The van der Waals surface area contributed by atoms with Crippen molar-refractivity contribution in [1.82, 2.24) is 0 Å². The lowest BCUT2D eigenvalue weighted by Crippen LogP contribution is -2.05. The first kappa shape index (κ1) is 11.1. The lowest BCUT2D eigenvalue weighted by atomic mass is 10.2. The Hall–Kier alpha value is -0.960. The first-order chi connectivity index (χ1) is 6.68. The van der Waals surface area contributed by atoms with Crippen molar-refractivity contribution in [2.24, 2.45) is 0 Å². The van der Waals surface area contributed by atoms with Gasteiger partial charge in [-0.3, -0.25) is 4.79 Å². The molecule has 2 nitrogen and oxygen atoms in total. The zero-order valence-corrected chi connectivity index (χ0v) is 8.96. The van der Waals surface area contributed by atoms with Gasteiger partial charge in [0.15, 0.2) is 0 Å². The number of benzene rings is 1. The molecule has 0 bridgehead atoms. The van der Waals surface area contributed by atoms with Gasteiger partial charge >= 0.3 is 5.97 Å². The van der Waals surface area contributed by atoms with Gasteiger partial charge in [0.05, 0.1) is 6.42 Å². The minimum atomic E-state index is -0.724. The van der Waals surface area contributed by atoms with Crippen molar-refractivity contribution < 1.29 is 9.90 Å². The summed E-state index contributed by atoms with van der Waals surface area (Å²) < 4.78 is 0. The summed E-state index contributed by atoms with van der Waals surface area (Å²) in [6, 6.07) is 10.1. The van der Waals surface area contributed by atoms with Gasteiger partial charge in [0, 0.05) is 11.0 Å². The maximum Gasteiger partial charge on any atom is 0.304 e. The molecule has 76 valence electrons. The molecule has 0 spiro atoms. The van der Waals surface area contributed by atoms with Crippen LogP contribution in [0.3, 0.4) is 0 Å². The Labute approximate surface area is 88.3 Å². The quantitative estimate of drug-likeness (QED) is 0.812. The van der Waals surface area contributed by atoms with Gasteiger partial charge in [-0.15, -0.1) is 0 Å². The Morgan fingerprint density at radius 2 is 2.07 bits per heavy atom. The monoisotopic (exact) mass is 210 g/mol. The number of hydrogen-bond acceptors (Lipinski definition) is 2. The van der Waals surface area contributed by atoms with Gasteiger partial charge in [-0.2, -0.15) is 11.8 Å². The van der Waals surface area contributed by atoms with Crippen LogP contribution < -0.4 is 0 Å². The van der Waals surface area contributed by atoms with Gasteiger partial charge in [0.2, 0.25) is 0 Å². The molecule has 0 heterocycles. The molecule has 14 heavy (non-hydrogen) atoms. The molecule has 0 aromatic heterocycles. The van der Waals surface area contributed by atoms with Gasteiger partial charge in [-0.1, -0.05) is 37.3 Å². The molecular weight excluding hydrogens is 196 g/mol. The number of aliphatic carboxylic acids is 1. The van der Waals surface area contributed by atoms with Gasteiger partial charge in [-0.05, 0) is 5.56 Å². The van der Waals surface area contributed by atoms with Gasteiger partial charge in [0.1, 0.15) is 0 Å². The predicted octanol–water partition coefficient (Wildman–Crippen LogP) is 2.78. The summed E-state index contributed by atoms with van der Waals surface area (Å²) in [5.41, 5.74) is 1.25. The molecule has 1 unspecified atom stereocenters. The molecule has 1 aromatic rings. The third-order valence-corrected chi connectivity index (χ3v) is 3.08. The molecule has 0 fully saturated rings. The van der Waals surface area contributed by atoms with E-state index in [1.165, 1.54) is 5.56 Å². The van der Waals surface area contributed by atoms with E-state index in [-0.39, 0.29) is 11.7 Å². The number of carboxylic acid groups (broad SMARTS) is 1. The van der Waals surface area contributed by atoms with Crippen molar-refractivity contribution in [1.29, 1.82) is 0 Å². The Kier molecular flexibility index (Phi) is 4.53. The summed E-state index contributed by atoms with van der Waals surface area (Å²) >= 11 is 1.68. The molecule has 0 saturated carbocycles. The second-order valence-electron chi connectivity index (χ2n) is 3.21.